The Hall–Kier alpha value is -1.91. The average molecular weight is 254 g/mol. The molecule has 0 amide bonds. The molecule has 18 heavy (non-hydrogen) atoms. The molecule has 0 bridgehead atoms. The van der Waals surface area contributed by atoms with Gasteiger partial charge in [-0.1, -0.05) is 0 Å². The number of hydrogen-bond acceptors (Lipinski definition) is 4. The first-order valence-electron chi connectivity index (χ1n) is 5.49. The first-order valence-corrected chi connectivity index (χ1v) is 5.49. The summed E-state index contributed by atoms with van der Waals surface area (Å²) in [6.45, 7) is 3.18. The Kier molecular flexibility index (Phi) is 4.06. The van der Waals surface area contributed by atoms with Crippen LogP contribution >= 0.6 is 0 Å². The van der Waals surface area contributed by atoms with Crippen molar-refractivity contribution in [1.29, 1.82) is 0 Å². The van der Waals surface area contributed by atoms with E-state index in [1.165, 1.54) is 20.3 Å². The standard InChI is InChI=1S/C13H18O5/c1-13(2,12(15)16)7-8-9(14)5-6-10(17-3)11(8)18-4/h5-6,14H,7H2,1-4H3,(H,15,16). The highest BCUT2D eigenvalue weighted by Crippen LogP contribution is 2.40. The molecular formula is C13H18O5. The highest BCUT2D eigenvalue weighted by atomic mass is 16.5. The Morgan fingerprint density at radius 3 is 2.33 bits per heavy atom. The molecule has 1 aromatic rings. The van der Waals surface area contributed by atoms with Gasteiger partial charge < -0.3 is 19.7 Å². The molecule has 0 aliphatic rings. The molecule has 5 heteroatoms. The van der Waals surface area contributed by atoms with Crippen molar-refractivity contribution < 1.29 is 24.5 Å². The van der Waals surface area contributed by atoms with Crippen LogP contribution in [0.4, 0.5) is 0 Å². The van der Waals surface area contributed by atoms with E-state index in [9.17, 15) is 9.90 Å². The molecule has 100 valence electrons. The van der Waals surface area contributed by atoms with Gasteiger partial charge in [0, 0.05) is 5.56 Å². The molecule has 1 aromatic carbocycles. The van der Waals surface area contributed by atoms with E-state index in [4.69, 9.17) is 14.6 Å². The molecule has 0 saturated heterocycles. The first-order chi connectivity index (χ1) is 8.33. The number of methoxy groups -OCH3 is 2. The van der Waals surface area contributed by atoms with Gasteiger partial charge in [-0.25, -0.2) is 0 Å². The second-order valence-corrected chi connectivity index (χ2v) is 4.66. The summed E-state index contributed by atoms with van der Waals surface area (Å²) >= 11 is 0. The van der Waals surface area contributed by atoms with E-state index in [0.717, 1.165) is 0 Å². The first kappa shape index (κ1) is 14.2. The molecule has 0 spiro atoms. The lowest BCUT2D eigenvalue weighted by Gasteiger charge is -2.22. The molecule has 2 N–H and O–H groups in total. The molecule has 0 aromatic heterocycles. The summed E-state index contributed by atoms with van der Waals surface area (Å²) in [7, 11) is 2.94. The number of carboxylic acid groups (broad SMARTS) is 1. The number of hydrogen-bond donors (Lipinski definition) is 2. The third-order valence-electron chi connectivity index (χ3n) is 2.82. The maximum Gasteiger partial charge on any atom is 0.309 e. The fourth-order valence-corrected chi connectivity index (χ4v) is 1.67. The number of carboxylic acids is 1. The summed E-state index contributed by atoms with van der Waals surface area (Å²) < 4.78 is 10.3. The van der Waals surface area contributed by atoms with Crippen molar-refractivity contribution >= 4 is 5.97 Å². The molecular weight excluding hydrogens is 236 g/mol. The number of ether oxygens (including phenoxy) is 2. The van der Waals surface area contributed by atoms with Crippen molar-refractivity contribution in [3.63, 3.8) is 0 Å². The predicted molar refractivity (Wildman–Crippen MR) is 66.3 cm³/mol. The summed E-state index contributed by atoms with van der Waals surface area (Å²) in [5.41, 5.74) is -0.568. The Balaban J connectivity index is 3.27. The molecule has 0 atom stereocenters. The summed E-state index contributed by atoms with van der Waals surface area (Å²) in [6.07, 6.45) is 0.147. The maximum atomic E-state index is 11.1. The Bertz CT molecular complexity index is 451. The minimum absolute atomic E-state index is 0.00183. The van der Waals surface area contributed by atoms with Gasteiger partial charge >= 0.3 is 5.97 Å². The molecule has 0 heterocycles. The predicted octanol–water partition coefficient (Wildman–Crippen LogP) is 2.06. The van der Waals surface area contributed by atoms with Gasteiger partial charge in [0.2, 0.25) is 0 Å². The zero-order valence-electron chi connectivity index (χ0n) is 11.0. The summed E-state index contributed by atoms with van der Waals surface area (Å²) in [5, 5.41) is 19.0. The molecule has 0 fully saturated rings. The van der Waals surface area contributed by atoms with Gasteiger partial charge in [0.1, 0.15) is 5.75 Å². The molecule has 1 rings (SSSR count). The van der Waals surface area contributed by atoms with Crippen LogP contribution in [0.3, 0.4) is 0 Å². The Morgan fingerprint density at radius 2 is 1.89 bits per heavy atom. The number of phenols is 1. The van der Waals surface area contributed by atoms with Gasteiger partial charge in [0.05, 0.1) is 19.6 Å². The second kappa shape index (κ2) is 5.16. The fourth-order valence-electron chi connectivity index (χ4n) is 1.67. The van der Waals surface area contributed by atoms with E-state index >= 15 is 0 Å². The molecule has 0 saturated carbocycles. The molecule has 0 radical (unpaired) electrons. The van der Waals surface area contributed by atoms with E-state index in [2.05, 4.69) is 0 Å². The average Bonchev–Trinajstić information content (AvgIpc) is 2.31. The Labute approximate surface area is 106 Å². The van der Waals surface area contributed by atoms with Crippen LogP contribution in [0.15, 0.2) is 12.1 Å². The van der Waals surface area contributed by atoms with Crippen molar-refractivity contribution in [2.45, 2.75) is 20.3 Å². The zero-order chi connectivity index (χ0) is 13.9. The van der Waals surface area contributed by atoms with E-state index in [-0.39, 0.29) is 12.2 Å². The number of aliphatic carboxylic acids is 1. The zero-order valence-corrected chi connectivity index (χ0v) is 11.0. The van der Waals surface area contributed by atoms with E-state index in [0.29, 0.717) is 17.1 Å². The van der Waals surface area contributed by atoms with Gasteiger partial charge in [-0.2, -0.15) is 0 Å². The molecule has 0 unspecified atom stereocenters. The van der Waals surface area contributed by atoms with Crippen LogP contribution in [0.5, 0.6) is 17.2 Å². The molecule has 0 aliphatic heterocycles. The minimum atomic E-state index is -1.00. The monoisotopic (exact) mass is 254 g/mol. The topological polar surface area (TPSA) is 76.0 Å². The van der Waals surface area contributed by atoms with Gasteiger partial charge in [-0.15, -0.1) is 0 Å². The van der Waals surface area contributed by atoms with Crippen LogP contribution in [-0.4, -0.2) is 30.4 Å². The van der Waals surface area contributed by atoms with Crippen molar-refractivity contribution in [2.75, 3.05) is 14.2 Å². The van der Waals surface area contributed by atoms with Gasteiger partial charge in [0.15, 0.2) is 11.5 Å². The highest BCUT2D eigenvalue weighted by Gasteiger charge is 2.31. The van der Waals surface area contributed by atoms with E-state index in [1.54, 1.807) is 19.9 Å². The third-order valence-corrected chi connectivity index (χ3v) is 2.82. The number of phenolic OH excluding ortho intramolecular Hbond substituents is 1. The quantitative estimate of drug-likeness (QED) is 0.841. The van der Waals surface area contributed by atoms with Crippen LogP contribution in [0.1, 0.15) is 19.4 Å². The third kappa shape index (κ3) is 2.67. The maximum absolute atomic E-state index is 11.1. The molecule has 0 aliphatic carbocycles. The number of rotatable bonds is 5. The van der Waals surface area contributed by atoms with E-state index < -0.39 is 11.4 Å². The van der Waals surface area contributed by atoms with Gasteiger partial charge in [-0.05, 0) is 32.4 Å². The Morgan fingerprint density at radius 1 is 1.28 bits per heavy atom. The largest absolute Gasteiger partial charge is 0.508 e. The van der Waals surface area contributed by atoms with Crippen molar-refractivity contribution in [3.05, 3.63) is 17.7 Å². The SMILES string of the molecule is COc1ccc(O)c(CC(C)(C)C(=O)O)c1OC. The van der Waals surface area contributed by atoms with Crippen LogP contribution in [0, 0.1) is 5.41 Å². The summed E-state index contributed by atoms with van der Waals surface area (Å²) in [4.78, 5) is 11.1. The normalized spacial score (nSPS) is 11.1. The fraction of sp³-hybridized carbons (Fsp3) is 0.462. The minimum Gasteiger partial charge on any atom is -0.508 e. The lowest BCUT2D eigenvalue weighted by atomic mass is 9.85. The van der Waals surface area contributed by atoms with Crippen LogP contribution in [-0.2, 0) is 11.2 Å². The lowest BCUT2D eigenvalue weighted by Crippen LogP contribution is -2.26. The van der Waals surface area contributed by atoms with Gasteiger partial charge in [-0.3, -0.25) is 4.79 Å². The van der Waals surface area contributed by atoms with Gasteiger partial charge in [0.25, 0.3) is 0 Å². The van der Waals surface area contributed by atoms with Crippen molar-refractivity contribution in [2.24, 2.45) is 5.41 Å². The van der Waals surface area contributed by atoms with E-state index in [1.807, 2.05) is 0 Å². The smallest absolute Gasteiger partial charge is 0.309 e. The summed E-state index contributed by atoms with van der Waals surface area (Å²) in [5.74, 6) is -0.105. The second-order valence-electron chi connectivity index (χ2n) is 4.66. The lowest BCUT2D eigenvalue weighted by molar-refractivity contribution is -0.146. The van der Waals surface area contributed by atoms with Crippen LogP contribution in [0.25, 0.3) is 0 Å². The highest BCUT2D eigenvalue weighted by molar-refractivity contribution is 5.74. The molecule has 5 nitrogen and oxygen atoms in total. The number of benzene rings is 1. The van der Waals surface area contributed by atoms with Crippen LogP contribution < -0.4 is 9.47 Å². The van der Waals surface area contributed by atoms with Crippen molar-refractivity contribution in [1.82, 2.24) is 0 Å². The number of carbonyl (C=O) groups is 1. The number of aromatic hydroxyl groups is 1. The summed E-state index contributed by atoms with van der Waals surface area (Å²) in [6, 6.07) is 3.04. The van der Waals surface area contributed by atoms with Crippen molar-refractivity contribution in [3.8, 4) is 17.2 Å². The van der Waals surface area contributed by atoms with Crippen LogP contribution in [0.2, 0.25) is 0 Å².